The van der Waals surface area contributed by atoms with Crippen LogP contribution in [-0.2, 0) is 9.59 Å². The Bertz CT molecular complexity index is 404. The smallest absolute Gasteiger partial charge is 0.317 e. The van der Waals surface area contributed by atoms with Gasteiger partial charge in [0.1, 0.15) is 0 Å². The molecule has 0 radical (unpaired) electrons. The Morgan fingerprint density at radius 1 is 0.708 bits per heavy atom. The Labute approximate surface area is 144 Å². The average molecular weight is 338 g/mol. The van der Waals surface area contributed by atoms with Crippen LogP contribution in [0.25, 0.3) is 0 Å². The lowest BCUT2D eigenvalue weighted by Gasteiger charge is -2.27. The van der Waals surface area contributed by atoms with Gasteiger partial charge in [-0.2, -0.15) is 0 Å². The van der Waals surface area contributed by atoms with Crippen LogP contribution in [0.3, 0.4) is 0 Å². The van der Waals surface area contributed by atoms with Gasteiger partial charge in [-0.15, -0.1) is 0 Å². The van der Waals surface area contributed by atoms with Crippen LogP contribution in [0.1, 0.15) is 64.2 Å². The van der Waals surface area contributed by atoms with E-state index >= 15 is 0 Å². The molecule has 2 aliphatic rings. The van der Waals surface area contributed by atoms with Gasteiger partial charge in [-0.1, -0.05) is 25.7 Å². The van der Waals surface area contributed by atoms with Gasteiger partial charge in [0.15, 0.2) is 0 Å². The van der Waals surface area contributed by atoms with Crippen LogP contribution in [0.5, 0.6) is 0 Å². The first-order valence-electron chi connectivity index (χ1n) is 9.24. The quantitative estimate of drug-likeness (QED) is 0.820. The second kappa shape index (κ2) is 10.2. The van der Waals surface area contributed by atoms with Crippen molar-refractivity contribution in [2.45, 2.75) is 64.2 Å². The molecule has 2 heterocycles. The molecule has 0 aromatic heterocycles. The van der Waals surface area contributed by atoms with Crippen molar-refractivity contribution in [2.24, 2.45) is 0 Å². The zero-order valence-electron chi connectivity index (χ0n) is 14.5. The minimum Gasteiger partial charge on any atom is -0.325 e. The van der Waals surface area contributed by atoms with Crippen LogP contribution in [0.15, 0.2) is 0 Å². The Morgan fingerprint density at radius 3 is 1.58 bits per heavy atom. The molecule has 4 amide bonds. The largest absolute Gasteiger partial charge is 0.325 e. The number of carbonyl (C=O) groups excluding carboxylic acids is 3. The number of carbonyl (C=O) groups is 3. The molecule has 2 fully saturated rings. The van der Waals surface area contributed by atoms with E-state index in [1.807, 2.05) is 0 Å². The summed E-state index contributed by atoms with van der Waals surface area (Å²) in [7, 11) is 0. The summed E-state index contributed by atoms with van der Waals surface area (Å²) < 4.78 is 0. The van der Waals surface area contributed by atoms with Crippen molar-refractivity contribution in [3.05, 3.63) is 0 Å². The third-order valence-electron chi connectivity index (χ3n) is 4.70. The maximum Gasteiger partial charge on any atom is 0.317 e. The molecule has 2 saturated heterocycles. The van der Waals surface area contributed by atoms with E-state index in [0.29, 0.717) is 25.9 Å². The lowest BCUT2D eigenvalue weighted by molar-refractivity contribution is -0.132. The molecule has 2 rings (SSSR count). The summed E-state index contributed by atoms with van der Waals surface area (Å²) in [5.41, 5.74) is 0. The highest BCUT2D eigenvalue weighted by atomic mass is 16.2. The lowest BCUT2D eigenvalue weighted by atomic mass is 10.1. The Kier molecular flexibility index (Phi) is 7.85. The molecule has 0 saturated carbocycles. The predicted octanol–water partition coefficient (Wildman–Crippen LogP) is 1.79. The van der Waals surface area contributed by atoms with E-state index in [4.69, 9.17) is 0 Å². The van der Waals surface area contributed by atoms with Gasteiger partial charge in [-0.25, -0.2) is 4.79 Å². The fourth-order valence-electron chi connectivity index (χ4n) is 3.16. The van der Waals surface area contributed by atoms with Crippen molar-refractivity contribution in [1.29, 1.82) is 0 Å². The highest BCUT2D eigenvalue weighted by molar-refractivity contribution is 5.79. The Morgan fingerprint density at radius 2 is 1.12 bits per heavy atom. The highest BCUT2D eigenvalue weighted by Gasteiger charge is 2.18. The Hall–Kier alpha value is -1.79. The first-order chi connectivity index (χ1) is 11.7. The van der Waals surface area contributed by atoms with Crippen molar-refractivity contribution < 1.29 is 14.4 Å². The zero-order chi connectivity index (χ0) is 17.2. The van der Waals surface area contributed by atoms with E-state index in [0.717, 1.165) is 51.4 Å². The molecular weight excluding hydrogens is 308 g/mol. The lowest BCUT2D eigenvalue weighted by Crippen LogP contribution is -2.49. The molecule has 7 nitrogen and oxygen atoms in total. The maximum atomic E-state index is 12.0. The molecule has 0 bridgehead atoms. The van der Waals surface area contributed by atoms with E-state index in [1.54, 1.807) is 9.80 Å². The fourth-order valence-corrected chi connectivity index (χ4v) is 3.16. The van der Waals surface area contributed by atoms with E-state index in [1.165, 1.54) is 0 Å². The highest BCUT2D eigenvalue weighted by Crippen LogP contribution is 2.11. The van der Waals surface area contributed by atoms with Gasteiger partial charge in [0, 0.05) is 25.9 Å². The molecule has 7 heteroatoms. The van der Waals surface area contributed by atoms with Crippen LogP contribution in [0.4, 0.5) is 4.79 Å². The number of rotatable bonds is 4. The molecule has 0 aliphatic carbocycles. The van der Waals surface area contributed by atoms with E-state index < -0.39 is 0 Å². The van der Waals surface area contributed by atoms with Crippen LogP contribution >= 0.6 is 0 Å². The molecule has 0 aromatic rings. The number of nitrogens with zero attached hydrogens (tertiary/aromatic N) is 2. The third-order valence-corrected chi connectivity index (χ3v) is 4.70. The third kappa shape index (κ3) is 6.37. The summed E-state index contributed by atoms with van der Waals surface area (Å²) >= 11 is 0. The van der Waals surface area contributed by atoms with E-state index in [2.05, 4.69) is 10.6 Å². The minimum absolute atomic E-state index is 0.106. The molecule has 24 heavy (non-hydrogen) atoms. The number of hydrogen-bond acceptors (Lipinski definition) is 3. The molecule has 0 atom stereocenters. The van der Waals surface area contributed by atoms with Crippen molar-refractivity contribution in [1.82, 2.24) is 20.4 Å². The van der Waals surface area contributed by atoms with Crippen LogP contribution in [0.2, 0.25) is 0 Å². The van der Waals surface area contributed by atoms with Gasteiger partial charge in [0.2, 0.25) is 11.8 Å². The number of amides is 4. The van der Waals surface area contributed by atoms with Crippen LogP contribution < -0.4 is 10.6 Å². The van der Waals surface area contributed by atoms with E-state index in [9.17, 15) is 14.4 Å². The molecule has 2 aliphatic heterocycles. The number of likely N-dealkylation sites (tertiary alicyclic amines) is 2. The number of urea groups is 1. The summed E-state index contributed by atoms with van der Waals surface area (Å²) in [6.45, 7) is 1.87. The fraction of sp³-hybridized carbons (Fsp3) is 0.824. The van der Waals surface area contributed by atoms with Gasteiger partial charge in [-0.05, 0) is 25.7 Å². The van der Waals surface area contributed by atoms with Crippen LogP contribution in [-0.4, -0.2) is 54.1 Å². The van der Waals surface area contributed by atoms with Gasteiger partial charge in [0.05, 0.1) is 13.3 Å². The molecule has 136 valence electrons. The van der Waals surface area contributed by atoms with Gasteiger partial charge in [-0.3, -0.25) is 9.59 Å². The maximum absolute atomic E-state index is 12.0. The minimum atomic E-state index is -0.334. The van der Waals surface area contributed by atoms with Crippen molar-refractivity contribution in [3.63, 3.8) is 0 Å². The van der Waals surface area contributed by atoms with Crippen molar-refractivity contribution in [2.75, 3.05) is 26.4 Å². The standard InChI is InChI=1S/C17H30N4O3/c22-15-9-5-1-3-7-11-20(15)13-18-17(24)19-14-21-12-8-4-2-6-10-16(21)23/h1-14H2,(H2,18,19,24). The summed E-state index contributed by atoms with van der Waals surface area (Å²) in [6.07, 6.45) is 9.43. The van der Waals surface area contributed by atoms with Crippen molar-refractivity contribution in [3.8, 4) is 0 Å². The SMILES string of the molecule is O=C(NCN1CCCCCCC1=O)NCN1CCCCCCC1=O. The predicted molar refractivity (Wildman–Crippen MR) is 91.0 cm³/mol. The monoisotopic (exact) mass is 338 g/mol. The van der Waals surface area contributed by atoms with Crippen molar-refractivity contribution >= 4 is 17.8 Å². The first-order valence-corrected chi connectivity index (χ1v) is 9.24. The number of nitrogens with one attached hydrogen (secondary N) is 2. The summed E-state index contributed by atoms with van der Waals surface area (Å²) in [6, 6.07) is -0.334. The van der Waals surface area contributed by atoms with Gasteiger partial charge < -0.3 is 20.4 Å². The van der Waals surface area contributed by atoms with Gasteiger partial charge in [0.25, 0.3) is 0 Å². The van der Waals surface area contributed by atoms with Gasteiger partial charge >= 0.3 is 6.03 Å². The molecule has 0 aromatic carbocycles. The molecular formula is C17H30N4O3. The van der Waals surface area contributed by atoms with Crippen LogP contribution in [0, 0.1) is 0 Å². The second-order valence-electron chi connectivity index (χ2n) is 6.64. The average Bonchev–Trinajstić information content (AvgIpc) is 2.54. The number of hydrogen-bond donors (Lipinski definition) is 2. The van der Waals surface area contributed by atoms with E-state index in [-0.39, 0.29) is 31.2 Å². The Balaban J connectivity index is 1.69. The molecule has 0 spiro atoms. The normalized spacial score (nSPS) is 20.7. The molecule has 0 unspecified atom stereocenters. The zero-order valence-corrected chi connectivity index (χ0v) is 14.5. The molecule has 2 N–H and O–H groups in total. The summed E-state index contributed by atoms with van der Waals surface area (Å²) in [5.74, 6) is 0.211. The first kappa shape index (κ1) is 18.5. The summed E-state index contributed by atoms with van der Waals surface area (Å²) in [5, 5.41) is 5.46. The second-order valence-corrected chi connectivity index (χ2v) is 6.64. The topological polar surface area (TPSA) is 81.8 Å². The summed E-state index contributed by atoms with van der Waals surface area (Å²) in [4.78, 5) is 39.4.